The first-order chi connectivity index (χ1) is 5.99. The van der Waals surface area contributed by atoms with Crippen LogP contribution in [0, 0.1) is 10.1 Å². The summed E-state index contributed by atoms with van der Waals surface area (Å²) in [6.07, 6.45) is 0. The first-order valence-corrected chi connectivity index (χ1v) is 5.52. The van der Waals surface area contributed by atoms with Crippen LogP contribution in [0.3, 0.4) is 0 Å². The monoisotopic (exact) mass is 317 g/mol. The fraction of sp³-hybridized carbons (Fsp3) is 0.833. The molecular weight excluding hydrogens is 310 g/mol. The molecule has 0 saturated carbocycles. The van der Waals surface area contributed by atoms with E-state index in [2.05, 4.69) is 36.6 Å². The molecule has 2 atom stereocenters. The number of esters is 1. The topological polar surface area (TPSA) is 69.4 Å². The maximum atomic E-state index is 10.7. The Labute approximate surface area is 92.2 Å². The number of hydrogen-bond acceptors (Lipinski definition) is 4. The summed E-state index contributed by atoms with van der Waals surface area (Å²) in [5.74, 6) is -0.500. The Morgan fingerprint density at radius 1 is 1.69 bits per heavy atom. The van der Waals surface area contributed by atoms with E-state index in [1.807, 2.05) is 0 Å². The number of rotatable bonds is 5. The minimum Gasteiger partial charge on any atom is -0.458 e. The van der Waals surface area contributed by atoms with Crippen LogP contribution in [0.2, 0.25) is 0 Å². The lowest BCUT2D eigenvalue weighted by Crippen LogP contribution is -2.33. The first kappa shape index (κ1) is 12.8. The molecule has 0 rings (SSSR count). The molecular formula is C6H9Br2NO4. The highest BCUT2D eigenvalue weighted by atomic mass is 79.9. The van der Waals surface area contributed by atoms with Gasteiger partial charge >= 0.3 is 5.97 Å². The van der Waals surface area contributed by atoms with Gasteiger partial charge in [0, 0.05) is 4.92 Å². The van der Waals surface area contributed by atoms with E-state index in [1.54, 1.807) is 6.92 Å². The van der Waals surface area contributed by atoms with Crippen molar-refractivity contribution in [3.63, 3.8) is 0 Å². The van der Waals surface area contributed by atoms with E-state index in [9.17, 15) is 14.9 Å². The minimum absolute atomic E-state index is 0.0497. The fourth-order valence-electron chi connectivity index (χ4n) is 0.578. The summed E-state index contributed by atoms with van der Waals surface area (Å²) in [6.45, 7) is 1.43. The smallest absolute Gasteiger partial charge is 0.316 e. The number of carbonyl (C=O) groups excluding carboxylic acids is 1. The Balaban J connectivity index is 3.97. The summed E-state index contributed by atoms with van der Waals surface area (Å²) in [7, 11) is 0. The molecule has 0 bridgehead atoms. The van der Waals surface area contributed by atoms with Crippen LogP contribution in [-0.2, 0) is 9.53 Å². The van der Waals surface area contributed by atoms with Gasteiger partial charge in [-0.25, -0.2) is 0 Å². The zero-order valence-corrected chi connectivity index (χ0v) is 10.1. The van der Waals surface area contributed by atoms with Gasteiger partial charge in [0.25, 0.3) is 6.04 Å². The Bertz CT molecular complexity index is 197. The van der Waals surface area contributed by atoms with E-state index in [4.69, 9.17) is 0 Å². The van der Waals surface area contributed by atoms with Crippen LogP contribution < -0.4 is 0 Å². The molecule has 0 amide bonds. The molecule has 0 aliphatic heterocycles. The highest BCUT2D eigenvalue weighted by Gasteiger charge is 2.27. The average molecular weight is 319 g/mol. The third-order valence-corrected chi connectivity index (χ3v) is 2.39. The van der Waals surface area contributed by atoms with Crippen molar-refractivity contribution in [2.45, 2.75) is 17.8 Å². The molecule has 0 N–H and O–H groups in total. The predicted octanol–water partition coefficient (Wildman–Crippen LogP) is 1.35. The standard InChI is InChI=1S/C6H9Br2NO4/c1-4(8)5(9(11)12)3-13-6(10)2-7/h4-5H,2-3H2,1H3. The lowest BCUT2D eigenvalue weighted by Gasteiger charge is -2.11. The van der Waals surface area contributed by atoms with Crippen molar-refractivity contribution in [1.82, 2.24) is 0 Å². The van der Waals surface area contributed by atoms with Crippen LogP contribution in [0.25, 0.3) is 0 Å². The fourth-order valence-corrected chi connectivity index (χ4v) is 1.09. The molecule has 0 aromatic heterocycles. The normalized spacial score (nSPS) is 14.7. The Morgan fingerprint density at radius 2 is 2.23 bits per heavy atom. The van der Waals surface area contributed by atoms with E-state index < -0.39 is 16.9 Å². The lowest BCUT2D eigenvalue weighted by atomic mass is 10.2. The Morgan fingerprint density at radius 3 is 2.54 bits per heavy atom. The third-order valence-electron chi connectivity index (χ3n) is 1.33. The summed E-state index contributed by atoms with van der Waals surface area (Å²) in [6, 6.07) is -0.900. The van der Waals surface area contributed by atoms with E-state index >= 15 is 0 Å². The molecule has 0 radical (unpaired) electrons. The molecule has 0 saturated heterocycles. The molecule has 7 heteroatoms. The van der Waals surface area contributed by atoms with Gasteiger partial charge < -0.3 is 4.74 Å². The van der Waals surface area contributed by atoms with Crippen molar-refractivity contribution in [2.75, 3.05) is 11.9 Å². The summed E-state index contributed by atoms with van der Waals surface area (Å²) in [5, 5.41) is 10.5. The maximum Gasteiger partial charge on any atom is 0.316 e. The summed E-state index contributed by atoms with van der Waals surface area (Å²) >= 11 is 5.95. The molecule has 0 spiro atoms. The van der Waals surface area contributed by atoms with Gasteiger partial charge in [0.05, 0.1) is 4.83 Å². The van der Waals surface area contributed by atoms with Gasteiger partial charge in [-0.2, -0.15) is 0 Å². The van der Waals surface area contributed by atoms with Crippen LogP contribution in [0.5, 0.6) is 0 Å². The van der Waals surface area contributed by atoms with Crippen molar-refractivity contribution in [3.05, 3.63) is 10.1 Å². The quantitative estimate of drug-likeness (QED) is 0.332. The van der Waals surface area contributed by atoms with E-state index in [0.29, 0.717) is 0 Å². The molecule has 0 aromatic rings. The zero-order chi connectivity index (χ0) is 10.4. The van der Waals surface area contributed by atoms with E-state index in [0.717, 1.165) is 0 Å². The third kappa shape index (κ3) is 5.20. The lowest BCUT2D eigenvalue weighted by molar-refractivity contribution is -0.523. The van der Waals surface area contributed by atoms with Crippen molar-refractivity contribution in [2.24, 2.45) is 0 Å². The van der Waals surface area contributed by atoms with Gasteiger partial charge in [0.2, 0.25) is 0 Å². The van der Waals surface area contributed by atoms with E-state index in [1.165, 1.54) is 0 Å². The Hall–Kier alpha value is -0.170. The predicted molar refractivity (Wildman–Crippen MR) is 53.9 cm³/mol. The SMILES string of the molecule is CC(Br)C(COC(=O)CBr)[N+](=O)[O-]. The average Bonchev–Trinajstić information content (AvgIpc) is 2.03. The number of ether oxygens (including phenoxy) is 1. The van der Waals surface area contributed by atoms with Crippen LogP contribution in [0.4, 0.5) is 0 Å². The zero-order valence-electron chi connectivity index (χ0n) is 6.91. The number of alkyl halides is 2. The molecule has 0 aromatic carbocycles. The first-order valence-electron chi connectivity index (χ1n) is 3.48. The van der Waals surface area contributed by atoms with Crippen LogP contribution >= 0.6 is 31.9 Å². The van der Waals surface area contributed by atoms with Gasteiger partial charge in [0.15, 0.2) is 6.61 Å². The van der Waals surface area contributed by atoms with Crippen LogP contribution in [-0.4, -0.2) is 33.7 Å². The second kappa shape index (κ2) is 6.31. The molecule has 2 unspecified atom stereocenters. The molecule has 0 aliphatic rings. The van der Waals surface area contributed by atoms with Crippen LogP contribution in [0.15, 0.2) is 0 Å². The summed E-state index contributed by atoms with van der Waals surface area (Å²) in [4.78, 5) is 20.3. The molecule has 13 heavy (non-hydrogen) atoms. The second-order valence-electron chi connectivity index (χ2n) is 2.35. The summed E-state index contributed by atoms with van der Waals surface area (Å²) < 4.78 is 4.62. The van der Waals surface area contributed by atoms with Crippen molar-refractivity contribution in [1.29, 1.82) is 0 Å². The highest BCUT2D eigenvalue weighted by Crippen LogP contribution is 2.08. The number of carbonyl (C=O) groups is 1. The van der Waals surface area contributed by atoms with Gasteiger partial charge in [-0.15, -0.1) is 0 Å². The number of hydrogen-bond donors (Lipinski definition) is 0. The Kier molecular flexibility index (Phi) is 6.23. The highest BCUT2D eigenvalue weighted by molar-refractivity contribution is 9.09. The second-order valence-corrected chi connectivity index (χ2v) is 4.35. The number of halogens is 2. The number of nitrogens with zero attached hydrogens (tertiary/aromatic N) is 1. The van der Waals surface area contributed by atoms with Gasteiger partial charge in [0.1, 0.15) is 5.33 Å². The molecule has 76 valence electrons. The van der Waals surface area contributed by atoms with Crippen molar-refractivity contribution < 1.29 is 14.5 Å². The molecule has 0 fully saturated rings. The van der Waals surface area contributed by atoms with E-state index in [-0.39, 0.29) is 16.8 Å². The van der Waals surface area contributed by atoms with Crippen molar-refractivity contribution >= 4 is 37.8 Å². The van der Waals surface area contributed by atoms with Crippen LogP contribution in [0.1, 0.15) is 6.92 Å². The summed E-state index contributed by atoms with van der Waals surface area (Å²) in [5.41, 5.74) is 0. The minimum atomic E-state index is -0.900. The number of nitro groups is 1. The van der Waals surface area contributed by atoms with Gasteiger partial charge in [-0.3, -0.25) is 14.9 Å². The largest absolute Gasteiger partial charge is 0.458 e. The molecule has 0 heterocycles. The molecule has 5 nitrogen and oxygen atoms in total. The van der Waals surface area contributed by atoms with Crippen molar-refractivity contribution in [3.8, 4) is 0 Å². The van der Waals surface area contributed by atoms with Gasteiger partial charge in [-0.1, -0.05) is 31.9 Å². The maximum absolute atomic E-state index is 10.7. The molecule has 0 aliphatic carbocycles. The van der Waals surface area contributed by atoms with Gasteiger partial charge in [-0.05, 0) is 6.92 Å².